The molecule has 0 unspecified atom stereocenters. The number of benzene rings is 2. The van der Waals surface area contributed by atoms with Gasteiger partial charge in [-0.1, -0.05) is 12.1 Å². The van der Waals surface area contributed by atoms with Crippen LogP contribution in [0.5, 0.6) is 5.75 Å². The number of allylic oxidation sites excluding steroid dienone is 1. The van der Waals surface area contributed by atoms with Crippen LogP contribution in [0.1, 0.15) is 23.1 Å². The van der Waals surface area contributed by atoms with Crippen molar-refractivity contribution in [3.05, 3.63) is 62.0 Å². The van der Waals surface area contributed by atoms with Crippen LogP contribution >= 0.6 is 31.9 Å². The van der Waals surface area contributed by atoms with Crippen LogP contribution in [0.3, 0.4) is 0 Å². The Labute approximate surface area is 156 Å². The Morgan fingerprint density at radius 1 is 1.21 bits per heavy atom. The molecule has 2 aromatic rings. The fraction of sp³-hybridized carbons (Fsp3) is 0.111. The molecule has 4 nitrogen and oxygen atoms in total. The highest BCUT2D eigenvalue weighted by molar-refractivity contribution is 9.11. The monoisotopic (exact) mass is 446 g/mol. The zero-order chi connectivity index (χ0) is 17.3. The number of fused-ring (bicyclic) bond motifs is 1. The lowest BCUT2D eigenvalue weighted by molar-refractivity contribution is -0.110. The summed E-state index contributed by atoms with van der Waals surface area (Å²) < 4.78 is 1.26. The SMILES string of the molecule is N#Cc1ccc2c(c1)NC(=O)/C2=C\CCc1cc(Br)c(O)c(Br)c1. The summed E-state index contributed by atoms with van der Waals surface area (Å²) in [7, 11) is 0. The van der Waals surface area contributed by atoms with Gasteiger partial charge in [0.1, 0.15) is 5.75 Å². The number of anilines is 1. The number of nitrogens with zero attached hydrogens (tertiary/aromatic N) is 1. The minimum Gasteiger partial charge on any atom is -0.506 e. The number of hydrogen-bond donors (Lipinski definition) is 2. The summed E-state index contributed by atoms with van der Waals surface area (Å²) in [6.07, 6.45) is 3.33. The zero-order valence-corrected chi connectivity index (χ0v) is 15.6. The largest absolute Gasteiger partial charge is 0.506 e. The molecule has 0 aliphatic carbocycles. The Morgan fingerprint density at radius 2 is 1.92 bits per heavy atom. The Bertz CT molecular complexity index is 891. The summed E-state index contributed by atoms with van der Waals surface area (Å²) in [5.41, 5.74) is 3.70. The molecule has 0 atom stereocenters. The average Bonchev–Trinajstić information content (AvgIpc) is 2.87. The van der Waals surface area contributed by atoms with Crippen LogP contribution in [0, 0.1) is 11.3 Å². The van der Waals surface area contributed by atoms with E-state index in [1.807, 2.05) is 18.2 Å². The van der Waals surface area contributed by atoms with Gasteiger partial charge in [-0.2, -0.15) is 5.26 Å². The molecule has 0 spiro atoms. The molecule has 6 heteroatoms. The van der Waals surface area contributed by atoms with E-state index in [2.05, 4.69) is 43.2 Å². The van der Waals surface area contributed by atoms with E-state index in [1.165, 1.54) is 0 Å². The molecule has 0 saturated carbocycles. The summed E-state index contributed by atoms with van der Waals surface area (Å²) in [5, 5.41) is 21.5. The molecule has 2 aromatic carbocycles. The van der Waals surface area contributed by atoms with Gasteiger partial charge in [0, 0.05) is 11.1 Å². The van der Waals surface area contributed by atoms with Gasteiger partial charge >= 0.3 is 0 Å². The van der Waals surface area contributed by atoms with Crippen LogP contribution in [0.2, 0.25) is 0 Å². The number of amides is 1. The first-order valence-electron chi connectivity index (χ1n) is 7.22. The van der Waals surface area contributed by atoms with Crippen LogP contribution in [0.4, 0.5) is 5.69 Å². The molecule has 0 bridgehead atoms. The molecule has 0 fully saturated rings. The van der Waals surface area contributed by atoms with Crippen molar-refractivity contribution in [1.29, 1.82) is 5.26 Å². The van der Waals surface area contributed by atoms with Crippen LogP contribution in [-0.4, -0.2) is 11.0 Å². The van der Waals surface area contributed by atoms with E-state index < -0.39 is 0 Å². The molecule has 0 saturated heterocycles. The molecule has 120 valence electrons. The maximum absolute atomic E-state index is 12.1. The summed E-state index contributed by atoms with van der Waals surface area (Å²) >= 11 is 6.63. The maximum atomic E-state index is 12.1. The highest BCUT2D eigenvalue weighted by Crippen LogP contribution is 2.35. The molecule has 2 N–H and O–H groups in total. The predicted molar refractivity (Wildman–Crippen MR) is 99.6 cm³/mol. The maximum Gasteiger partial charge on any atom is 0.256 e. The number of aryl methyl sites for hydroxylation is 1. The molecule has 1 heterocycles. The lowest BCUT2D eigenvalue weighted by atomic mass is 10.0. The van der Waals surface area contributed by atoms with E-state index in [9.17, 15) is 9.90 Å². The van der Waals surface area contributed by atoms with Gasteiger partial charge < -0.3 is 10.4 Å². The van der Waals surface area contributed by atoms with Gasteiger partial charge in [-0.25, -0.2) is 0 Å². The van der Waals surface area contributed by atoms with Crippen LogP contribution in [0.25, 0.3) is 5.57 Å². The first-order chi connectivity index (χ1) is 11.5. The summed E-state index contributed by atoms with van der Waals surface area (Å²) in [6.45, 7) is 0. The summed E-state index contributed by atoms with van der Waals surface area (Å²) in [4.78, 5) is 12.1. The van der Waals surface area contributed by atoms with Crippen LogP contribution in [-0.2, 0) is 11.2 Å². The van der Waals surface area contributed by atoms with Crippen molar-refractivity contribution in [2.75, 3.05) is 5.32 Å². The summed E-state index contributed by atoms with van der Waals surface area (Å²) in [6, 6.07) is 11.0. The van der Waals surface area contributed by atoms with Gasteiger partial charge in [0.05, 0.1) is 26.3 Å². The number of halogens is 2. The minimum absolute atomic E-state index is 0.145. The third-order valence-corrected chi connectivity index (χ3v) is 5.00. The van der Waals surface area contributed by atoms with Crippen molar-refractivity contribution in [2.24, 2.45) is 0 Å². The molecule has 1 amide bonds. The number of carbonyl (C=O) groups excluding carboxylic acids is 1. The second kappa shape index (κ2) is 6.80. The van der Waals surface area contributed by atoms with Gasteiger partial charge in [-0.3, -0.25) is 4.79 Å². The number of nitrogens with one attached hydrogen (secondary N) is 1. The minimum atomic E-state index is -0.145. The predicted octanol–water partition coefficient (Wildman–Crippen LogP) is 4.76. The Morgan fingerprint density at radius 3 is 2.58 bits per heavy atom. The van der Waals surface area contributed by atoms with Gasteiger partial charge in [0.2, 0.25) is 0 Å². The lowest BCUT2D eigenvalue weighted by Gasteiger charge is -2.05. The van der Waals surface area contributed by atoms with E-state index in [0.717, 1.165) is 17.5 Å². The standard InChI is InChI=1S/C18H12Br2N2O2/c19-14-6-10(7-15(20)17(14)23)2-1-3-13-12-5-4-11(9-21)8-16(12)22-18(13)24/h3-8,23H,1-2H2,(H,22,24)/b13-3-. The van der Waals surface area contributed by atoms with E-state index in [1.54, 1.807) is 18.2 Å². The molecule has 0 aromatic heterocycles. The second-order valence-corrected chi connectivity index (χ2v) is 7.10. The van der Waals surface area contributed by atoms with Crippen molar-refractivity contribution < 1.29 is 9.90 Å². The van der Waals surface area contributed by atoms with E-state index in [4.69, 9.17) is 5.26 Å². The topological polar surface area (TPSA) is 73.1 Å². The number of phenolic OH excluding ortho intramolecular Hbond substituents is 1. The molecule has 1 aliphatic heterocycles. The van der Waals surface area contributed by atoms with Crippen molar-refractivity contribution >= 4 is 49.0 Å². The normalized spacial score (nSPS) is 14.4. The Hall–Kier alpha value is -2.10. The number of nitriles is 1. The third-order valence-electron chi connectivity index (χ3n) is 3.79. The number of rotatable bonds is 3. The average molecular weight is 448 g/mol. The Balaban J connectivity index is 1.79. The van der Waals surface area contributed by atoms with Crippen LogP contribution in [0.15, 0.2) is 45.4 Å². The Kier molecular flexibility index (Phi) is 4.74. The molecular formula is C18H12Br2N2O2. The smallest absolute Gasteiger partial charge is 0.256 e. The molecule has 0 radical (unpaired) electrons. The van der Waals surface area contributed by atoms with E-state index in [-0.39, 0.29) is 11.7 Å². The molecule has 1 aliphatic rings. The number of hydrogen-bond acceptors (Lipinski definition) is 3. The van der Waals surface area contributed by atoms with Crippen molar-refractivity contribution in [3.63, 3.8) is 0 Å². The van der Waals surface area contributed by atoms with Crippen molar-refractivity contribution in [1.82, 2.24) is 0 Å². The number of carbonyl (C=O) groups is 1. The molecular weight excluding hydrogens is 436 g/mol. The van der Waals surface area contributed by atoms with E-state index in [0.29, 0.717) is 32.2 Å². The highest BCUT2D eigenvalue weighted by Gasteiger charge is 2.23. The summed E-state index contributed by atoms with van der Waals surface area (Å²) in [5.74, 6) is 0.0302. The zero-order valence-electron chi connectivity index (χ0n) is 12.4. The van der Waals surface area contributed by atoms with E-state index >= 15 is 0 Å². The van der Waals surface area contributed by atoms with Crippen LogP contribution < -0.4 is 5.32 Å². The molecule has 24 heavy (non-hydrogen) atoms. The first-order valence-corrected chi connectivity index (χ1v) is 8.81. The number of phenols is 1. The number of aromatic hydroxyl groups is 1. The van der Waals surface area contributed by atoms with Crippen molar-refractivity contribution in [3.8, 4) is 11.8 Å². The lowest BCUT2D eigenvalue weighted by Crippen LogP contribution is -2.03. The third kappa shape index (κ3) is 3.23. The van der Waals surface area contributed by atoms with Gasteiger partial charge in [-0.15, -0.1) is 0 Å². The van der Waals surface area contributed by atoms with Crippen molar-refractivity contribution in [2.45, 2.75) is 12.8 Å². The fourth-order valence-corrected chi connectivity index (χ4v) is 3.89. The van der Waals surface area contributed by atoms with Gasteiger partial charge in [-0.05, 0) is 74.5 Å². The first kappa shape index (κ1) is 16.7. The fourth-order valence-electron chi connectivity index (χ4n) is 2.61. The quantitative estimate of drug-likeness (QED) is 0.666. The molecule has 3 rings (SSSR count). The second-order valence-electron chi connectivity index (χ2n) is 5.39. The highest BCUT2D eigenvalue weighted by atomic mass is 79.9. The van der Waals surface area contributed by atoms with Gasteiger partial charge in [0.15, 0.2) is 0 Å². The van der Waals surface area contributed by atoms with Gasteiger partial charge in [0.25, 0.3) is 5.91 Å².